The van der Waals surface area contributed by atoms with E-state index in [1.54, 1.807) is 30.3 Å². The first-order chi connectivity index (χ1) is 27.3. The maximum absolute atomic E-state index is 13.0. The molecule has 0 saturated carbocycles. The third kappa shape index (κ3) is 11.4. The molecule has 0 bridgehead atoms. The zero-order chi connectivity index (χ0) is 41.6. The van der Waals surface area contributed by atoms with Gasteiger partial charge in [0.25, 0.3) is 30.4 Å². The molecule has 0 aliphatic rings. The monoisotopic (exact) mass is 911 g/mol. The number of carbonyl (C=O) groups excluding carboxylic acids is 1. The van der Waals surface area contributed by atoms with Crippen molar-refractivity contribution in [1.82, 2.24) is 0 Å². The van der Waals surface area contributed by atoms with E-state index < -0.39 is 69.1 Å². The quantitative estimate of drug-likeness (QED) is 0.0418. The van der Waals surface area contributed by atoms with Crippen LogP contribution in [0.3, 0.4) is 0 Å². The van der Waals surface area contributed by atoms with Crippen molar-refractivity contribution in [2.24, 2.45) is 20.5 Å². The van der Waals surface area contributed by atoms with Crippen LogP contribution in [0, 0.1) is 0 Å². The van der Waals surface area contributed by atoms with Gasteiger partial charge in [0, 0.05) is 111 Å². The van der Waals surface area contributed by atoms with Crippen LogP contribution in [0.15, 0.2) is 150 Å². The summed E-state index contributed by atoms with van der Waals surface area (Å²) in [7, 11) is -14.4. The number of hydrogen-bond donors (Lipinski definition) is 7. The number of carbonyl (C=O) groups is 1. The van der Waals surface area contributed by atoms with Gasteiger partial charge in [-0.1, -0.05) is 30.3 Å². The predicted molar refractivity (Wildman–Crippen MR) is 229 cm³/mol. The Morgan fingerprint density at radius 2 is 0.918 bits per heavy atom. The van der Waals surface area contributed by atoms with Gasteiger partial charge < -0.3 is 20.8 Å². The Hall–Kier alpha value is -3.88. The fraction of sp³-hybridized carbons (Fsp3) is 0. The number of urea groups is 1. The van der Waals surface area contributed by atoms with Gasteiger partial charge in [-0.05, 0) is 106 Å². The number of azo groups is 2. The molecule has 297 valence electrons. The molecule has 0 spiro atoms. The summed E-state index contributed by atoms with van der Waals surface area (Å²) in [6.07, 6.45) is 0. The molecule has 24 heteroatoms. The smallest absolute Gasteiger partial charge is 0.323 e. The second-order valence-electron chi connectivity index (χ2n) is 12.4. The van der Waals surface area contributed by atoms with Crippen LogP contribution in [-0.2, 0) is 30.4 Å². The van der Waals surface area contributed by atoms with Crippen LogP contribution in [0.1, 0.15) is 0 Å². The number of phenols is 2. The van der Waals surface area contributed by atoms with Gasteiger partial charge in [-0.3, -0.25) is 13.7 Å². The molecule has 3 radical (unpaired) electrons. The summed E-state index contributed by atoms with van der Waals surface area (Å²) in [5.74, 6) is -1.27. The molecule has 0 atom stereocenters. The molecule has 7 aromatic carbocycles. The average molecular weight is 912 g/mol. The average Bonchev–Trinajstić information content (AvgIpc) is 3.16. The standard InChI is InChI=1S/C37H26N6O12S3.3Na/c44-35-29-12-9-25(15-22(29)18-31(57(50,51)52)33(35)42-40-24-4-2-1-3-5-24)38-37(46)39-26-10-13-30-23(16-26)19-32(58(53,54)55)34(36(30)45)43-41-27-8-6-21-17-28(56(47,48)49)11-7-20(21)14-27;;;/h1-19,44-45H,(H2,38,39,46)(H,47,48,49)(H,50,51,52)(H,53,54,55);;;. The number of nitrogens with one attached hydrogen (secondary N) is 2. The van der Waals surface area contributed by atoms with Gasteiger partial charge in [0.2, 0.25) is 0 Å². The van der Waals surface area contributed by atoms with Crippen LogP contribution in [0.4, 0.5) is 38.9 Å². The molecule has 0 aliphatic carbocycles. The Morgan fingerprint density at radius 1 is 0.459 bits per heavy atom. The van der Waals surface area contributed by atoms with Crippen molar-refractivity contribution in [3.8, 4) is 11.5 Å². The van der Waals surface area contributed by atoms with Gasteiger partial charge in [-0.2, -0.15) is 35.5 Å². The maximum Gasteiger partial charge on any atom is 0.323 e. The second kappa shape index (κ2) is 19.7. The van der Waals surface area contributed by atoms with E-state index in [9.17, 15) is 53.9 Å². The van der Waals surface area contributed by atoms with Crippen LogP contribution in [0.5, 0.6) is 11.5 Å². The van der Waals surface area contributed by atoms with Crippen LogP contribution in [0.2, 0.25) is 0 Å². The molecule has 0 heterocycles. The van der Waals surface area contributed by atoms with E-state index in [2.05, 4.69) is 31.1 Å². The molecular formula is C37H26N6Na3O12S3. The van der Waals surface area contributed by atoms with Crippen LogP contribution >= 0.6 is 0 Å². The summed E-state index contributed by atoms with van der Waals surface area (Å²) in [6.45, 7) is 0. The number of phenolic OH excluding ortho intramolecular Hbond substituents is 2. The Kier molecular flexibility index (Phi) is 16.0. The van der Waals surface area contributed by atoms with Gasteiger partial charge in [0.15, 0.2) is 11.5 Å². The van der Waals surface area contributed by atoms with Crippen LogP contribution in [0.25, 0.3) is 32.3 Å². The molecule has 7 N–H and O–H groups in total. The molecule has 0 saturated heterocycles. The number of hydrogen-bond acceptors (Lipinski definition) is 13. The van der Waals surface area contributed by atoms with E-state index in [1.807, 2.05) is 0 Å². The van der Waals surface area contributed by atoms with E-state index >= 15 is 0 Å². The maximum atomic E-state index is 13.0. The Bertz CT molecular complexity index is 3270. The van der Waals surface area contributed by atoms with Crippen molar-refractivity contribution < 1.29 is 53.9 Å². The van der Waals surface area contributed by atoms with E-state index in [0.29, 0.717) is 16.5 Å². The predicted octanol–water partition coefficient (Wildman–Crippen LogP) is 7.63. The third-order valence-electron chi connectivity index (χ3n) is 8.55. The molecule has 0 unspecified atom stereocenters. The normalized spacial score (nSPS) is 11.9. The van der Waals surface area contributed by atoms with Gasteiger partial charge in [-0.15, -0.1) is 10.2 Å². The van der Waals surface area contributed by atoms with E-state index in [0.717, 1.165) is 12.1 Å². The summed E-state index contributed by atoms with van der Waals surface area (Å²) in [5.41, 5.74) is -0.351. The van der Waals surface area contributed by atoms with Gasteiger partial charge >= 0.3 is 6.03 Å². The molecule has 0 aromatic heterocycles. The number of fused-ring (bicyclic) bond motifs is 3. The van der Waals surface area contributed by atoms with Crippen molar-refractivity contribution in [1.29, 1.82) is 0 Å². The number of aromatic hydroxyl groups is 2. The SMILES string of the molecule is O=C(Nc1ccc2c(O)c(N=Nc3ccccc3)c(S(=O)(=O)O)cc2c1)Nc1ccc2c(O)c(N=Nc3ccc4cc(S(=O)(=O)O)ccc4c3)c(S(=O)(=O)O)cc2c1.[Na].[Na].[Na]. The fourth-order valence-corrected chi connectivity index (χ4v) is 7.71. The second-order valence-corrected chi connectivity index (χ2v) is 16.7. The zero-order valence-corrected chi connectivity index (χ0v) is 40.5. The molecule has 61 heavy (non-hydrogen) atoms. The third-order valence-corrected chi connectivity index (χ3v) is 11.1. The molecule has 0 fully saturated rings. The molecule has 18 nitrogen and oxygen atoms in total. The van der Waals surface area contributed by atoms with Gasteiger partial charge in [-0.25, -0.2) is 4.79 Å². The minimum Gasteiger partial charge on any atom is -0.505 e. The Balaban J connectivity index is 0.00000273. The van der Waals surface area contributed by atoms with Gasteiger partial charge in [0.1, 0.15) is 21.2 Å². The first kappa shape index (κ1) is 49.8. The number of amides is 2. The molecule has 7 rings (SSSR count). The van der Waals surface area contributed by atoms with Crippen LogP contribution in [-0.4, -0.2) is 144 Å². The number of benzene rings is 7. The number of rotatable bonds is 9. The van der Waals surface area contributed by atoms with E-state index in [4.69, 9.17) is 0 Å². The Labute approximate surface area is 413 Å². The van der Waals surface area contributed by atoms with E-state index in [-0.39, 0.29) is 132 Å². The van der Waals surface area contributed by atoms with Gasteiger partial charge in [0.05, 0.1) is 16.3 Å². The number of nitrogens with zero attached hydrogens (tertiary/aromatic N) is 4. The largest absolute Gasteiger partial charge is 0.505 e. The Morgan fingerprint density at radius 3 is 1.39 bits per heavy atom. The fourth-order valence-electron chi connectivity index (χ4n) is 5.88. The summed E-state index contributed by atoms with van der Waals surface area (Å²) in [5, 5.41) is 44.1. The molecule has 7 aromatic rings. The molecule has 0 aliphatic heterocycles. The summed E-state index contributed by atoms with van der Waals surface area (Å²) >= 11 is 0. The van der Waals surface area contributed by atoms with E-state index in [1.165, 1.54) is 72.8 Å². The summed E-state index contributed by atoms with van der Waals surface area (Å²) in [6, 6.07) is 25.8. The van der Waals surface area contributed by atoms with Crippen molar-refractivity contribution in [3.05, 3.63) is 115 Å². The zero-order valence-electron chi connectivity index (χ0n) is 32.1. The summed E-state index contributed by atoms with van der Waals surface area (Å²) < 4.78 is 102. The van der Waals surface area contributed by atoms with Crippen molar-refractivity contribution in [3.63, 3.8) is 0 Å². The van der Waals surface area contributed by atoms with Crippen LogP contribution < -0.4 is 10.6 Å². The molecule has 2 amide bonds. The molecular weight excluding hydrogens is 886 g/mol. The minimum atomic E-state index is -5.01. The van der Waals surface area contributed by atoms with Crippen molar-refractivity contribution in [2.45, 2.75) is 14.7 Å². The first-order valence-corrected chi connectivity index (χ1v) is 20.7. The van der Waals surface area contributed by atoms with Crippen molar-refractivity contribution in [2.75, 3.05) is 10.6 Å². The minimum absolute atomic E-state index is 0. The summed E-state index contributed by atoms with van der Waals surface area (Å²) in [4.78, 5) is 11.2. The first-order valence-electron chi connectivity index (χ1n) is 16.4. The van der Waals surface area contributed by atoms with Crippen molar-refractivity contribution >= 4 is 191 Å². The number of anilines is 2. The topological polar surface area (TPSA) is 294 Å².